The fourth-order valence-electron chi connectivity index (χ4n) is 2.32. The molecule has 10 heteroatoms. The van der Waals surface area contributed by atoms with Crippen molar-refractivity contribution in [1.82, 2.24) is 19.5 Å². The van der Waals surface area contributed by atoms with Crippen LogP contribution in [-0.2, 0) is 28.4 Å². The molecule has 0 aliphatic heterocycles. The van der Waals surface area contributed by atoms with Crippen LogP contribution in [0.25, 0.3) is 10.9 Å². The fraction of sp³-hybridized carbons (Fsp3) is 0.214. The van der Waals surface area contributed by atoms with Gasteiger partial charge in [0.25, 0.3) is 10.0 Å². The molecule has 0 fully saturated rings. The van der Waals surface area contributed by atoms with Gasteiger partial charge in [0.05, 0.1) is 0 Å². The predicted molar refractivity (Wildman–Crippen MR) is 91.2 cm³/mol. The van der Waals surface area contributed by atoms with E-state index in [1.807, 2.05) is 42.1 Å². The van der Waals surface area contributed by atoms with Gasteiger partial charge in [-0.3, -0.25) is 4.79 Å². The summed E-state index contributed by atoms with van der Waals surface area (Å²) in [6, 6.07) is 7.75. The Bertz CT molecular complexity index is 1010. The van der Waals surface area contributed by atoms with E-state index >= 15 is 0 Å². The van der Waals surface area contributed by atoms with Gasteiger partial charge < -0.3 is 9.88 Å². The molecule has 0 saturated carbocycles. The fourth-order valence-corrected chi connectivity index (χ4v) is 4.31. The quantitative estimate of drug-likeness (QED) is 0.666. The number of benzene rings is 1. The lowest BCUT2D eigenvalue weighted by molar-refractivity contribution is -0.114. The van der Waals surface area contributed by atoms with Crippen LogP contribution >= 0.6 is 11.3 Å². The number of para-hydroxylation sites is 1. The summed E-state index contributed by atoms with van der Waals surface area (Å²) in [5.74, 6) is -0.334. The summed E-state index contributed by atoms with van der Waals surface area (Å²) in [7, 11) is -1.89. The summed E-state index contributed by atoms with van der Waals surface area (Å²) < 4.78 is 28.9. The second kappa shape index (κ2) is 6.30. The maximum absolute atomic E-state index is 12.3. The van der Waals surface area contributed by atoms with E-state index in [0.29, 0.717) is 0 Å². The van der Waals surface area contributed by atoms with Crippen molar-refractivity contribution >= 4 is 43.3 Å². The highest BCUT2D eigenvalue weighted by Gasteiger charge is 2.21. The number of sulfonamides is 1. The first-order chi connectivity index (χ1) is 11.4. The van der Waals surface area contributed by atoms with E-state index in [9.17, 15) is 13.2 Å². The van der Waals surface area contributed by atoms with Crippen molar-refractivity contribution in [2.75, 3.05) is 5.32 Å². The van der Waals surface area contributed by atoms with E-state index in [0.717, 1.165) is 27.8 Å². The minimum atomic E-state index is -3.80. The molecule has 0 atom stereocenters. The van der Waals surface area contributed by atoms with Crippen molar-refractivity contribution in [2.24, 2.45) is 7.05 Å². The monoisotopic (exact) mass is 365 g/mol. The molecule has 0 aliphatic rings. The normalized spacial score (nSPS) is 11.8. The van der Waals surface area contributed by atoms with Crippen LogP contribution in [0.2, 0.25) is 0 Å². The minimum Gasteiger partial charge on any atom is -0.350 e. The number of hydrogen-bond acceptors (Lipinski definition) is 6. The lowest BCUT2D eigenvalue weighted by atomic mass is 10.2. The summed E-state index contributed by atoms with van der Waals surface area (Å²) in [4.78, 5) is 11.0. The van der Waals surface area contributed by atoms with Gasteiger partial charge in [0, 0.05) is 37.6 Å². The number of amides is 1. The van der Waals surface area contributed by atoms with E-state index in [-0.39, 0.29) is 21.9 Å². The first-order valence-electron chi connectivity index (χ1n) is 7.00. The van der Waals surface area contributed by atoms with Crippen LogP contribution in [0.5, 0.6) is 0 Å². The lowest BCUT2D eigenvalue weighted by Gasteiger charge is -2.02. The van der Waals surface area contributed by atoms with E-state index in [1.54, 1.807) is 0 Å². The number of anilines is 1. The van der Waals surface area contributed by atoms with Crippen LogP contribution in [0.4, 0.5) is 5.13 Å². The molecule has 0 radical (unpaired) electrons. The summed E-state index contributed by atoms with van der Waals surface area (Å²) in [6.45, 7) is 1.45. The number of aryl methyl sites for hydroxylation is 1. The molecule has 2 N–H and O–H groups in total. The van der Waals surface area contributed by atoms with E-state index in [1.165, 1.54) is 6.92 Å². The Morgan fingerprint density at radius 2 is 2.04 bits per heavy atom. The molecule has 0 saturated heterocycles. The van der Waals surface area contributed by atoms with Crippen molar-refractivity contribution in [3.63, 3.8) is 0 Å². The van der Waals surface area contributed by atoms with Crippen LogP contribution in [0.3, 0.4) is 0 Å². The molecule has 2 aromatic heterocycles. The van der Waals surface area contributed by atoms with Crippen molar-refractivity contribution in [3.05, 3.63) is 36.0 Å². The number of carbonyl (C=O) groups is 1. The van der Waals surface area contributed by atoms with Crippen LogP contribution in [0, 0.1) is 0 Å². The largest absolute Gasteiger partial charge is 0.350 e. The van der Waals surface area contributed by atoms with Gasteiger partial charge in [-0.1, -0.05) is 29.5 Å². The van der Waals surface area contributed by atoms with Gasteiger partial charge in [-0.05, 0) is 11.6 Å². The number of hydrogen-bond donors (Lipinski definition) is 2. The molecule has 3 aromatic rings. The Morgan fingerprint density at radius 3 is 2.79 bits per heavy atom. The number of aromatic nitrogens is 3. The average molecular weight is 365 g/mol. The molecule has 0 unspecified atom stereocenters. The van der Waals surface area contributed by atoms with Gasteiger partial charge in [-0.15, -0.1) is 10.2 Å². The minimum absolute atomic E-state index is 0.138. The van der Waals surface area contributed by atoms with Gasteiger partial charge in [0.15, 0.2) is 0 Å². The average Bonchev–Trinajstić information content (AvgIpc) is 3.11. The molecule has 1 aromatic carbocycles. The van der Waals surface area contributed by atoms with Crippen LogP contribution < -0.4 is 10.0 Å². The van der Waals surface area contributed by atoms with Gasteiger partial charge in [-0.2, -0.15) is 0 Å². The highest BCUT2D eigenvalue weighted by atomic mass is 32.2. The van der Waals surface area contributed by atoms with Crippen molar-refractivity contribution in [2.45, 2.75) is 17.8 Å². The number of nitrogens with one attached hydrogen (secondary N) is 2. The maximum Gasteiger partial charge on any atom is 0.270 e. The topological polar surface area (TPSA) is 106 Å². The van der Waals surface area contributed by atoms with E-state index in [4.69, 9.17) is 0 Å². The van der Waals surface area contributed by atoms with E-state index < -0.39 is 10.0 Å². The first-order valence-corrected chi connectivity index (χ1v) is 9.30. The molecule has 0 bridgehead atoms. The number of rotatable bonds is 5. The summed E-state index contributed by atoms with van der Waals surface area (Å²) in [5.41, 5.74) is 1.89. The zero-order valence-electron chi connectivity index (χ0n) is 13.0. The highest BCUT2D eigenvalue weighted by Crippen LogP contribution is 2.22. The molecule has 2 heterocycles. The Labute approximate surface area is 142 Å². The predicted octanol–water partition coefficient (Wildman–Crippen LogP) is 1.47. The molecule has 0 spiro atoms. The number of fused-ring (bicyclic) bond motifs is 1. The molecule has 126 valence electrons. The maximum atomic E-state index is 12.3. The first kappa shape index (κ1) is 16.6. The Balaban J connectivity index is 1.79. The van der Waals surface area contributed by atoms with Crippen molar-refractivity contribution in [1.29, 1.82) is 0 Å². The molecule has 3 rings (SSSR count). The van der Waals surface area contributed by atoms with Gasteiger partial charge in [0.2, 0.25) is 15.4 Å². The van der Waals surface area contributed by atoms with Gasteiger partial charge >= 0.3 is 0 Å². The smallest absolute Gasteiger partial charge is 0.270 e. The van der Waals surface area contributed by atoms with Crippen LogP contribution in [0.1, 0.15) is 12.5 Å². The molecule has 0 aliphatic carbocycles. The highest BCUT2D eigenvalue weighted by molar-refractivity contribution is 7.91. The van der Waals surface area contributed by atoms with Gasteiger partial charge in [0.1, 0.15) is 0 Å². The second-order valence-electron chi connectivity index (χ2n) is 5.16. The third kappa shape index (κ3) is 3.30. The third-order valence-electron chi connectivity index (χ3n) is 3.35. The second-order valence-corrected chi connectivity index (χ2v) is 8.08. The SMILES string of the molecule is CC(=O)Nc1nnc(S(=O)(=O)NCc2cn(C)c3ccccc23)s1. The standard InChI is InChI=1S/C14H15N5O3S2/c1-9(20)16-13-17-18-14(23-13)24(21,22)15-7-10-8-19(2)12-6-4-3-5-11(10)12/h3-6,8,15H,7H2,1-2H3,(H,16,17,20). The van der Waals surface area contributed by atoms with Gasteiger partial charge in [-0.25, -0.2) is 13.1 Å². The Kier molecular flexibility index (Phi) is 4.35. The van der Waals surface area contributed by atoms with Crippen molar-refractivity contribution < 1.29 is 13.2 Å². The summed E-state index contributed by atoms with van der Waals surface area (Å²) in [6.07, 6.45) is 1.88. The summed E-state index contributed by atoms with van der Waals surface area (Å²) >= 11 is 0.802. The number of carbonyl (C=O) groups excluding carboxylic acids is 1. The zero-order valence-corrected chi connectivity index (χ0v) is 14.6. The molecular formula is C14H15N5O3S2. The third-order valence-corrected chi connectivity index (χ3v) is 5.96. The molecular weight excluding hydrogens is 350 g/mol. The van der Waals surface area contributed by atoms with Crippen LogP contribution in [0.15, 0.2) is 34.8 Å². The molecule has 8 nitrogen and oxygen atoms in total. The lowest BCUT2D eigenvalue weighted by Crippen LogP contribution is -2.23. The summed E-state index contributed by atoms with van der Waals surface area (Å²) in [5, 5.41) is 10.8. The number of nitrogens with zero attached hydrogens (tertiary/aromatic N) is 3. The van der Waals surface area contributed by atoms with Crippen LogP contribution in [-0.4, -0.2) is 29.1 Å². The molecule has 1 amide bonds. The molecule has 24 heavy (non-hydrogen) atoms. The Morgan fingerprint density at radius 1 is 1.29 bits per heavy atom. The zero-order chi connectivity index (χ0) is 17.3. The van der Waals surface area contributed by atoms with Crippen molar-refractivity contribution in [3.8, 4) is 0 Å². The Hall–Kier alpha value is -2.30. The van der Waals surface area contributed by atoms with E-state index in [2.05, 4.69) is 20.2 Å².